The third-order valence-corrected chi connectivity index (χ3v) is 11.3. The van der Waals surface area contributed by atoms with Crippen molar-refractivity contribution in [2.45, 2.75) is 156 Å². The zero-order valence-corrected chi connectivity index (χ0v) is 35.7. The van der Waals surface area contributed by atoms with Gasteiger partial charge in [0.05, 0.1) is 39.1 Å². The third kappa shape index (κ3) is 13.6. The topological polar surface area (TPSA) is 400 Å². The molecule has 0 saturated carbocycles. The van der Waals surface area contributed by atoms with Gasteiger partial charge < -0.3 is 105 Å². The van der Waals surface area contributed by atoms with Crippen molar-refractivity contribution in [3.05, 3.63) is 23.8 Å². The Morgan fingerprint density at radius 2 is 1.46 bits per heavy atom. The van der Waals surface area contributed by atoms with Crippen molar-refractivity contribution in [1.82, 2.24) is 10.6 Å². The number of benzene rings is 1. The summed E-state index contributed by atoms with van der Waals surface area (Å²) in [7, 11) is 1.32. The van der Waals surface area contributed by atoms with Gasteiger partial charge in [-0.15, -0.1) is 0 Å². The van der Waals surface area contributed by atoms with Crippen LogP contribution in [0.5, 0.6) is 11.5 Å². The molecule has 0 spiro atoms. The maximum Gasteiger partial charge on any atom is 0.364 e. The highest BCUT2D eigenvalue weighted by Gasteiger charge is 2.60. The minimum Gasteiger partial charge on any atom is -0.504 e. The van der Waals surface area contributed by atoms with Gasteiger partial charge in [0, 0.05) is 31.9 Å². The molecule has 1 aromatic carbocycles. The van der Waals surface area contributed by atoms with Gasteiger partial charge in [0.2, 0.25) is 5.91 Å². The van der Waals surface area contributed by atoms with E-state index in [4.69, 9.17) is 28.4 Å². The summed E-state index contributed by atoms with van der Waals surface area (Å²) in [5, 5.41) is 132. The summed E-state index contributed by atoms with van der Waals surface area (Å²) in [5.41, 5.74) is -0.183. The van der Waals surface area contributed by atoms with E-state index in [9.17, 15) is 80.5 Å². The van der Waals surface area contributed by atoms with E-state index in [1.165, 1.54) is 7.11 Å². The van der Waals surface area contributed by atoms with Crippen molar-refractivity contribution < 1.29 is 114 Å². The number of methoxy groups -OCH3 is 1. The Morgan fingerprint density at radius 1 is 0.815 bits per heavy atom. The first kappa shape index (κ1) is 53.7. The van der Waals surface area contributed by atoms with Crippen LogP contribution in [0, 0.1) is 0 Å². The molecular weight excluding hydrogens is 876 g/mol. The number of aliphatic hydroxyl groups is 9. The number of carbonyl (C=O) groups is 4. The lowest BCUT2D eigenvalue weighted by Crippen LogP contribution is -2.71. The van der Waals surface area contributed by atoms with Gasteiger partial charge in [-0.3, -0.25) is 14.4 Å². The lowest BCUT2D eigenvalue weighted by Gasteiger charge is -2.51. The van der Waals surface area contributed by atoms with Crippen LogP contribution in [0.25, 0.3) is 0 Å². The predicted molar refractivity (Wildman–Crippen MR) is 213 cm³/mol. The van der Waals surface area contributed by atoms with Gasteiger partial charge in [-0.05, 0) is 31.0 Å². The number of hydrogen-bond donors (Lipinski definition) is 14. The molecule has 3 aliphatic heterocycles. The first-order valence-corrected chi connectivity index (χ1v) is 21.1. The number of ether oxygens (including phenoxy) is 7. The zero-order valence-electron chi connectivity index (χ0n) is 35.7. The van der Waals surface area contributed by atoms with Crippen LogP contribution in [0.15, 0.2) is 18.2 Å². The van der Waals surface area contributed by atoms with E-state index in [1.807, 2.05) is 0 Å². The van der Waals surface area contributed by atoms with Gasteiger partial charge in [0.25, 0.3) is 11.7 Å². The van der Waals surface area contributed by atoms with E-state index in [1.54, 1.807) is 0 Å². The van der Waals surface area contributed by atoms with Gasteiger partial charge in [-0.2, -0.15) is 0 Å². The van der Waals surface area contributed by atoms with Crippen LogP contribution < -0.4 is 10.6 Å². The zero-order chi connectivity index (χ0) is 48.2. The molecule has 0 radical (unpaired) electrons. The summed E-state index contributed by atoms with van der Waals surface area (Å²) in [4.78, 5) is 49.7. The molecule has 2 amide bonds. The second-order valence-corrected chi connectivity index (χ2v) is 16.0. The van der Waals surface area contributed by atoms with Crippen LogP contribution in [0.2, 0.25) is 0 Å². The van der Waals surface area contributed by atoms with E-state index in [-0.39, 0.29) is 18.1 Å². The summed E-state index contributed by atoms with van der Waals surface area (Å²) in [6.07, 6.45) is -21.7. The van der Waals surface area contributed by atoms with Gasteiger partial charge >= 0.3 is 11.9 Å². The molecule has 14 N–H and O–H groups in total. The molecule has 0 aromatic heterocycles. The Labute approximate surface area is 372 Å². The number of aliphatic carboxylic acids is 1. The van der Waals surface area contributed by atoms with Crippen LogP contribution in [0.1, 0.15) is 68.6 Å². The molecular formula is C40H62N2O23. The SMILES string of the molecule is COC(=O)CCCCCCCCO[C@@H]1OC(CO)[C@@H](OC2OC(CO)[C@H](O)C(O[C@]3(C(=O)O)CC(O)[C@@H](NC(C)=O)C(C(O)C(O)CO)O3)C2O)C(O)C1NC(=O)c1ccc(O)c(O)c1. The number of aromatic hydroxyl groups is 2. The first-order valence-electron chi connectivity index (χ1n) is 21.1. The van der Waals surface area contributed by atoms with Crippen molar-refractivity contribution in [3.8, 4) is 11.5 Å². The van der Waals surface area contributed by atoms with Crippen molar-refractivity contribution >= 4 is 23.8 Å². The number of carbonyl (C=O) groups excluding carboxylic acids is 3. The van der Waals surface area contributed by atoms with Crippen molar-refractivity contribution in [1.29, 1.82) is 0 Å². The number of carboxylic acids is 1. The molecule has 370 valence electrons. The minimum atomic E-state index is -3.10. The lowest BCUT2D eigenvalue weighted by atomic mass is 9.88. The molecule has 3 saturated heterocycles. The van der Waals surface area contributed by atoms with E-state index in [0.717, 1.165) is 44.4 Å². The Kier molecular flexibility index (Phi) is 20.4. The van der Waals surface area contributed by atoms with E-state index < -0.39 is 153 Å². The summed E-state index contributed by atoms with van der Waals surface area (Å²) in [5.74, 6) is -8.26. The molecule has 3 aliphatic rings. The first-order chi connectivity index (χ1) is 30.8. The lowest BCUT2D eigenvalue weighted by molar-refractivity contribution is -0.382. The van der Waals surface area contributed by atoms with Gasteiger partial charge in [0.15, 0.2) is 24.1 Å². The Balaban J connectivity index is 1.58. The van der Waals surface area contributed by atoms with Crippen molar-refractivity contribution in [2.75, 3.05) is 33.5 Å². The molecule has 25 nitrogen and oxygen atoms in total. The van der Waals surface area contributed by atoms with Crippen LogP contribution in [-0.2, 0) is 47.5 Å². The monoisotopic (exact) mass is 938 g/mol. The largest absolute Gasteiger partial charge is 0.504 e. The van der Waals surface area contributed by atoms with Crippen molar-refractivity contribution in [2.24, 2.45) is 0 Å². The number of carboxylic acid groups (broad SMARTS) is 1. The molecule has 3 fully saturated rings. The smallest absolute Gasteiger partial charge is 0.364 e. The van der Waals surface area contributed by atoms with Crippen LogP contribution in [-0.4, -0.2) is 216 Å². The number of nitrogens with one attached hydrogen (secondary N) is 2. The molecule has 65 heavy (non-hydrogen) atoms. The summed E-state index contributed by atoms with van der Waals surface area (Å²) in [6, 6.07) is 0.00510. The predicted octanol–water partition coefficient (Wildman–Crippen LogP) is -4.45. The number of phenols is 2. The average Bonchev–Trinajstić information content (AvgIpc) is 3.27. The quantitative estimate of drug-likeness (QED) is 0.0280. The van der Waals surface area contributed by atoms with E-state index in [0.29, 0.717) is 25.7 Å². The van der Waals surface area contributed by atoms with Crippen LogP contribution >= 0.6 is 0 Å². The fourth-order valence-electron chi connectivity index (χ4n) is 7.74. The third-order valence-electron chi connectivity index (χ3n) is 11.3. The van der Waals surface area contributed by atoms with E-state index in [2.05, 4.69) is 15.4 Å². The van der Waals surface area contributed by atoms with Gasteiger partial charge in [0.1, 0.15) is 67.1 Å². The van der Waals surface area contributed by atoms with Crippen LogP contribution in [0.3, 0.4) is 0 Å². The maximum atomic E-state index is 13.5. The molecule has 1 aromatic rings. The highest BCUT2D eigenvalue weighted by Crippen LogP contribution is 2.38. The highest BCUT2D eigenvalue weighted by molar-refractivity contribution is 5.95. The summed E-state index contributed by atoms with van der Waals surface area (Å²) >= 11 is 0. The molecule has 11 unspecified atom stereocenters. The molecule has 0 bridgehead atoms. The number of hydrogen-bond acceptors (Lipinski definition) is 22. The van der Waals surface area contributed by atoms with Gasteiger partial charge in [-0.1, -0.05) is 25.7 Å². The number of rotatable bonds is 23. The molecule has 25 heteroatoms. The Hall–Kier alpha value is -3.90. The number of unbranched alkanes of at least 4 members (excludes halogenated alkanes) is 5. The number of amides is 2. The maximum absolute atomic E-state index is 13.5. The average molecular weight is 939 g/mol. The van der Waals surface area contributed by atoms with Crippen molar-refractivity contribution in [3.63, 3.8) is 0 Å². The van der Waals surface area contributed by atoms with Gasteiger partial charge in [-0.25, -0.2) is 4.79 Å². The second-order valence-electron chi connectivity index (χ2n) is 16.0. The summed E-state index contributed by atoms with van der Waals surface area (Å²) in [6.45, 7) is -1.94. The minimum absolute atomic E-state index is 0.0274. The van der Waals surface area contributed by atoms with E-state index >= 15 is 0 Å². The second kappa shape index (κ2) is 24.7. The fraction of sp³-hybridized carbons (Fsp3) is 0.750. The molecule has 4 rings (SSSR count). The molecule has 0 aliphatic carbocycles. The number of esters is 1. The Morgan fingerprint density at radius 3 is 2.06 bits per heavy atom. The Bertz CT molecular complexity index is 1710. The fourth-order valence-corrected chi connectivity index (χ4v) is 7.74. The standard InChI is InChI=1S/C40H62N2O23/c1-18(46)41-27-22(49)14-40(39(57)58,64-34(27)29(52)23(50)15-43)65-35-30(53)24(16-44)61-38(32(35)55)63-33-25(17-45)62-37(60-12-8-6-4-3-5-7-9-26(51)59-2)28(31(33)54)42-36(56)19-10-11-20(47)21(48)13-19/h10-11,13,22-25,27-35,37-38,43-45,47-50,52-55H,3-9,12,14-17H2,1-2H3,(H,41,46)(H,42,56)(H,57,58)/t22?,23?,24?,25?,27-,28?,29?,30+,31?,32?,33-,34?,35?,37-,38?,40+/m1/s1. The highest BCUT2D eigenvalue weighted by atomic mass is 16.8. The molecule has 3 heterocycles. The summed E-state index contributed by atoms with van der Waals surface area (Å²) < 4.78 is 39.5. The number of aliphatic hydroxyl groups excluding tert-OH is 9. The number of phenolic OH excluding ortho intramolecular Hbond substituents is 2. The molecule has 16 atom stereocenters. The normalized spacial score (nSPS) is 33.7. The van der Waals surface area contributed by atoms with Crippen LogP contribution in [0.4, 0.5) is 0 Å².